The summed E-state index contributed by atoms with van der Waals surface area (Å²) in [5, 5.41) is 21.7. The Bertz CT molecular complexity index is 407. The molecule has 0 aliphatic heterocycles. The molecular formula is C11H14N4O2. The van der Waals surface area contributed by atoms with E-state index in [0.717, 1.165) is 6.42 Å². The maximum atomic E-state index is 11.6. The number of rotatable bonds is 3. The predicted octanol–water partition coefficient (Wildman–Crippen LogP) is 0.535. The van der Waals surface area contributed by atoms with Crippen molar-refractivity contribution in [1.29, 1.82) is 0 Å². The first-order chi connectivity index (χ1) is 8.28. The molecule has 6 heteroatoms. The highest BCUT2D eigenvalue weighted by molar-refractivity contribution is 5.88. The molecule has 0 unspecified atom stereocenters. The molecule has 3 N–H and O–H groups in total. The number of hydrogen-bond donors (Lipinski definition) is 3. The quantitative estimate of drug-likeness (QED) is 0.666. The lowest BCUT2D eigenvalue weighted by atomic mass is 10.1. The third kappa shape index (κ3) is 3.25. The SMILES string of the molecule is O=C(Nc1cccnn1)N[C@@H]1C=C[C@H](CO)C1. The van der Waals surface area contributed by atoms with E-state index in [1.165, 1.54) is 6.20 Å². The minimum absolute atomic E-state index is 0.0381. The van der Waals surface area contributed by atoms with Crippen LogP contribution in [0.1, 0.15) is 6.42 Å². The molecule has 6 nitrogen and oxygen atoms in total. The van der Waals surface area contributed by atoms with Crippen molar-refractivity contribution in [2.24, 2.45) is 5.92 Å². The Morgan fingerprint density at radius 1 is 1.53 bits per heavy atom. The van der Waals surface area contributed by atoms with E-state index in [9.17, 15) is 4.79 Å². The van der Waals surface area contributed by atoms with E-state index >= 15 is 0 Å². The zero-order chi connectivity index (χ0) is 12.1. The Kier molecular flexibility index (Phi) is 3.66. The minimum atomic E-state index is -0.321. The molecule has 0 fully saturated rings. The third-order valence-electron chi connectivity index (χ3n) is 2.54. The largest absolute Gasteiger partial charge is 0.396 e. The van der Waals surface area contributed by atoms with Crippen LogP contribution in [0, 0.1) is 5.92 Å². The Hall–Kier alpha value is -1.95. The summed E-state index contributed by atoms with van der Waals surface area (Å²) in [6.07, 6.45) is 6.06. The number of amides is 2. The molecule has 1 aliphatic carbocycles. The van der Waals surface area contributed by atoms with Crippen LogP contribution < -0.4 is 10.6 Å². The molecule has 1 aromatic rings. The van der Waals surface area contributed by atoms with Gasteiger partial charge in [0.1, 0.15) is 0 Å². The summed E-state index contributed by atoms with van der Waals surface area (Å²) < 4.78 is 0. The number of aliphatic hydroxyl groups excluding tert-OH is 1. The number of aromatic nitrogens is 2. The number of nitrogens with zero attached hydrogens (tertiary/aromatic N) is 2. The molecule has 90 valence electrons. The van der Waals surface area contributed by atoms with Gasteiger partial charge in [0.05, 0.1) is 0 Å². The van der Waals surface area contributed by atoms with Crippen molar-refractivity contribution in [3.63, 3.8) is 0 Å². The highest BCUT2D eigenvalue weighted by Gasteiger charge is 2.19. The van der Waals surface area contributed by atoms with Crippen LogP contribution in [0.2, 0.25) is 0 Å². The molecule has 0 saturated carbocycles. The molecule has 1 aromatic heterocycles. The van der Waals surface area contributed by atoms with Crippen molar-refractivity contribution < 1.29 is 9.90 Å². The molecule has 0 spiro atoms. The maximum absolute atomic E-state index is 11.6. The Morgan fingerprint density at radius 3 is 3.06 bits per heavy atom. The number of urea groups is 1. The van der Waals surface area contributed by atoms with Crippen molar-refractivity contribution in [3.8, 4) is 0 Å². The van der Waals surface area contributed by atoms with Crippen molar-refractivity contribution in [1.82, 2.24) is 15.5 Å². The Balaban J connectivity index is 1.81. The van der Waals surface area contributed by atoms with E-state index < -0.39 is 0 Å². The molecule has 2 atom stereocenters. The van der Waals surface area contributed by atoms with E-state index in [-0.39, 0.29) is 24.6 Å². The number of anilines is 1. The molecule has 2 rings (SSSR count). The van der Waals surface area contributed by atoms with Gasteiger partial charge in [-0.25, -0.2) is 4.79 Å². The van der Waals surface area contributed by atoms with Gasteiger partial charge in [0.15, 0.2) is 5.82 Å². The fourth-order valence-corrected chi connectivity index (χ4v) is 1.71. The first-order valence-electron chi connectivity index (χ1n) is 5.42. The van der Waals surface area contributed by atoms with E-state index in [1.807, 2.05) is 12.2 Å². The number of hydrogen-bond acceptors (Lipinski definition) is 4. The second kappa shape index (κ2) is 5.40. The van der Waals surface area contributed by atoms with Crippen LogP contribution in [0.25, 0.3) is 0 Å². The summed E-state index contributed by atoms with van der Waals surface area (Å²) in [5.74, 6) is 0.544. The molecule has 1 heterocycles. The third-order valence-corrected chi connectivity index (χ3v) is 2.54. The number of aliphatic hydroxyl groups is 1. The fraction of sp³-hybridized carbons (Fsp3) is 0.364. The average molecular weight is 234 g/mol. The monoisotopic (exact) mass is 234 g/mol. The second-order valence-electron chi connectivity index (χ2n) is 3.88. The molecule has 17 heavy (non-hydrogen) atoms. The summed E-state index contributed by atoms with van der Waals surface area (Å²) in [4.78, 5) is 11.6. The van der Waals surface area contributed by atoms with Gasteiger partial charge in [0, 0.05) is 24.8 Å². The van der Waals surface area contributed by atoms with Gasteiger partial charge >= 0.3 is 6.03 Å². The van der Waals surface area contributed by atoms with E-state index in [2.05, 4.69) is 20.8 Å². The standard InChI is InChI=1S/C11H14N4O2/c16-7-8-3-4-9(6-8)13-11(17)14-10-2-1-5-12-15-10/h1-5,8-9,16H,6-7H2,(H2,13,14,15,17)/t8-,9+/m0/s1. The molecule has 0 bridgehead atoms. The Morgan fingerprint density at radius 2 is 2.41 bits per heavy atom. The van der Waals surface area contributed by atoms with Crippen LogP contribution in [0.3, 0.4) is 0 Å². The molecule has 0 saturated heterocycles. The smallest absolute Gasteiger partial charge is 0.320 e. The van der Waals surface area contributed by atoms with E-state index in [1.54, 1.807) is 12.1 Å². The highest BCUT2D eigenvalue weighted by atomic mass is 16.3. The van der Waals surface area contributed by atoms with Gasteiger partial charge in [0.25, 0.3) is 0 Å². The van der Waals surface area contributed by atoms with Gasteiger partial charge in [-0.15, -0.1) is 5.10 Å². The van der Waals surface area contributed by atoms with Crippen LogP contribution in [-0.2, 0) is 0 Å². The van der Waals surface area contributed by atoms with Gasteiger partial charge < -0.3 is 10.4 Å². The van der Waals surface area contributed by atoms with Gasteiger partial charge in [0.2, 0.25) is 0 Å². The first kappa shape index (κ1) is 11.5. The maximum Gasteiger partial charge on any atom is 0.320 e. The van der Waals surface area contributed by atoms with Gasteiger partial charge in [-0.2, -0.15) is 5.10 Å². The van der Waals surface area contributed by atoms with Crippen molar-refractivity contribution in [2.45, 2.75) is 12.5 Å². The summed E-state index contributed by atoms with van der Waals surface area (Å²) in [6, 6.07) is 3.00. The van der Waals surface area contributed by atoms with Gasteiger partial charge in [-0.1, -0.05) is 12.2 Å². The number of nitrogens with one attached hydrogen (secondary N) is 2. The fourth-order valence-electron chi connectivity index (χ4n) is 1.71. The van der Waals surface area contributed by atoms with Crippen LogP contribution in [0.15, 0.2) is 30.5 Å². The first-order valence-corrected chi connectivity index (χ1v) is 5.42. The van der Waals surface area contributed by atoms with E-state index in [0.29, 0.717) is 5.82 Å². The van der Waals surface area contributed by atoms with Crippen LogP contribution >= 0.6 is 0 Å². The zero-order valence-corrected chi connectivity index (χ0v) is 9.21. The lowest BCUT2D eigenvalue weighted by Crippen LogP contribution is -2.36. The Labute approximate surface area is 98.8 Å². The summed E-state index contributed by atoms with van der Waals surface area (Å²) in [5.41, 5.74) is 0. The number of carbonyl (C=O) groups excluding carboxylic acids is 1. The molecular weight excluding hydrogens is 220 g/mol. The summed E-state index contributed by atoms with van der Waals surface area (Å²) in [6.45, 7) is 0.112. The normalized spacial score (nSPS) is 22.4. The summed E-state index contributed by atoms with van der Waals surface area (Å²) in [7, 11) is 0. The van der Waals surface area contributed by atoms with Gasteiger partial charge in [-0.05, 0) is 18.6 Å². The average Bonchev–Trinajstić information content (AvgIpc) is 2.78. The zero-order valence-electron chi connectivity index (χ0n) is 9.21. The topological polar surface area (TPSA) is 87.1 Å². The molecule has 2 amide bonds. The van der Waals surface area contributed by atoms with E-state index in [4.69, 9.17) is 5.11 Å². The number of carbonyl (C=O) groups is 1. The predicted molar refractivity (Wildman–Crippen MR) is 62.3 cm³/mol. The highest BCUT2D eigenvalue weighted by Crippen LogP contribution is 2.16. The lowest BCUT2D eigenvalue weighted by Gasteiger charge is -2.12. The van der Waals surface area contributed by atoms with Crippen molar-refractivity contribution >= 4 is 11.8 Å². The van der Waals surface area contributed by atoms with Crippen molar-refractivity contribution in [2.75, 3.05) is 11.9 Å². The molecule has 1 aliphatic rings. The van der Waals surface area contributed by atoms with Crippen LogP contribution in [-0.4, -0.2) is 34.0 Å². The van der Waals surface area contributed by atoms with Crippen LogP contribution in [0.5, 0.6) is 0 Å². The summed E-state index contributed by atoms with van der Waals surface area (Å²) >= 11 is 0. The second-order valence-corrected chi connectivity index (χ2v) is 3.88. The van der Waals surface area contributed by atoms with Gasteiger partial charge in [-0.3, -0.25) is 5.32 Å². The lowest BCUT2D eigenvalue weighted by molar-refractivity contribution is 0.238. The minimum Gasteiger partial charge on any atom is -0.396 e. The van der Waals surface area contributed by atoms with Crippen LogP contribution in [0.4, 0.5) is 10.6 Å². The molecule has 0 aromatic carbocycles. The van der Waals surface area contributed by atoms with Crippen molar-refractivity contribution in [3.05, 3.63) is 30.5 Å². The molecule has 0 radical (unpaired) electrons.